The van der Waals surface area contributed by atoms with Crippen LogP contribution >= 0.6 is 11.3 Å². The molecule has 0 aliphatic carbocycles. The fraction of sp³-hybridized carbons (Fsp3) is 0.143. The third kappa shape index (κ3) is 4.02. The van der Waals surface area contributed by atoms with Gasteiger partial charge >= 0.3 is 183 Å². The van der Waals surface area contributed by atoms with Crippen molar-refractivity contribution in [3.05, 3.63) is 76.9 Å². The first-order chi connectivity index (χ1) is 14.4. The molecule has 0 bridgehead atoms. The molecule has 1 amide bonds. The minimum absolute atomic E-state index is 0.0546. The summed E-state index contributed by atoms with van der Waals surface area (Å²) >= 11 is 3.53. The summed E-state index contributed by atoms with van der Waals surface area (Å²) in [6.07, 6.45) is -1.00. The van der Waals surface area contributed by atoms with Crippen molar-refractivity contribution in [2.24, 2.45) is 0 Å². The van der Waals surface area contributed by atoms with Gasteiger partial charge in [0, 0.05) is 0 Å². The number of rotatable bonds is 5. The van der Waals surface area contributed by atoms with Crippen LogP contribution in [0.4, 0.5) is 13.2 Å². The molecular weight excluding hydrogens is 474 g/mol. The van der Waals surface area contributed by atoms with Gasteiger partial charge in [0.1, 0.15) is 0 Å². The van der Waals surface area contributed by atoms with Crippen LogP contribution in [0.2, 0.25) is 5.21 Å². The minimum atomic E-state index is -4.49. The molecule has 2 N–H and O–H groups in total. The molecule has 3 heterocycles. The maximum atomic E-state index is 13.4. The van der Waals surface area contributed by atoms with Gasteiger partial charge in [-0.2, -0.15) is 0 Å². The molecule has 2 radical (unpaired) electrons. The number of pyridine rings is 1. The van der Waals surface area contributed by atoms with Gasteiger partial charge < -0.3 is 0 Å². The molecule has 4 rings (SSSR count). The summed E-state index contributed by atoms with van der Waals surface area (Å²) in [5.74, 6) is -0.404. The third-order valence-corrected chi connectivity index (χ3v) is 6.57. The maximum absolute atomic E-state index is 13.4. The summed E-state index contributed by atoms with van der Waals surface area (Å²) in [4.78, 5) is 21.4. The molecule has 1 aromatic carbocycles. The summed E-state index contributed by atoms with van der Waals surface area (Å²) in [6, 6.07) is 11.9. The van der Waals surface area contributed by atoms with Crippen molar-refractivity contribution in [1.29, 1.82) is 0 Å². The van der Waals surface area contributed by atoms with Crippen LogP contribution in [0, 0.1) is 0 Å². The van der Waals surface area contributed by atoms with E-state index in [0.29, 0.717) is 4.88 Å². The van der Waals surface area contributed by atoms with Gasteiger partial charge in [-0.3, -0.25) is 0 Å². The second kappa shape index (κ2) is 8.28. The Balaban J connectivity index is 1.60. The molecule has 152 valence electrons. The molecule has 3 aromatic heterocycles. The Morgan fingerprint density at radius 1 is 1.17 bits per heavy atom. The van der Waals surface area contributed by atoms with Crippen molar-refractivity contribution in [1.82, 2.24) is 15.3 Å². The number of hydrogen-bond acceptors (Lipinski definition) is 3. The number of amides is 1. The predicted molar refractivity (Wildman–Crippen MR) is 112 cm³/mol. The second-order valence-corrected chi connectivity index (χ2v) is 8.41. The average Bonchev–Trinajstić information content (AvgIpc) is 3.40. The van der Waals surface area contributed by atoms with Crippen LogP contribution in [0.15, 0.2) is 60.9 Å². The predicted octanol–water partition coefficient (Wildman–Crippen LogP) is 5.37. The van der Waals surface area contributed by atoms with Crippen molar-refractivity contribution in [2.45, 2.75) is 17.4 Å². The molecule has 1 atom stereocenters. The number of nitrogens with zero attached hydrogens (tertiary/aromatic N) is 1. The number of fused-ring (bicyclic) bond motifs is 1. The van der Waals surface area contributed by atoms with Crippen molar-refractivity contribution in [2.75, 3.05) is 0 Å². The Kier molecular flexibility index (Phi) is 5.71. The number of nitrogens with one attached hydrogen (secondary N) is 2. The van der Waals surface area contributed by atoms with Crippen LogP contribution in [-0.2, 0) is 6.18 Å². The number of aromatic amines is 1. The Morgan fingerprint density at radius 3 is 2.73 bits per heavy atom. The Labute approximate surface area is 183 Å². The fourth-order valence-electron chi connectivity index (χ4n) is 3.29. The number of benzene rings is 1. The molecule has 0 fully saturated rings. The van der Waals surface area contributed by atoms with E-state index in [0.717, 1.165) is 27.5 Å². The number of hydrogen-bond donors (Lipinski definition) is 2. The molecule has 0 aliphatic heterocycles. The van der Waals surface area contributed by atoms with E-state index in [4.69, 9.17) is 0 Å². The van der Waals surface area contributed by atoms with E-state index in [1.807, 2.05) is 18.2 Å². The van der Waals surface area contributed by atoms with Gasteiger partial charge in [-0.1, -0.05) is 0 Å². The van der Waals surface area contributed by atoms with Gasteiger partial charge in [-0.25, -0.2) is 0 Å². The normalized spacial score (nSPS) is 12.8. The zero-order chi connectivity index (χ0) is 21.3. The van der Waals surface area contributed by atoms with Crippen LogP contribution in [0.25, 0.3) is 21.5 Å². The average molecular weight is 489 g/mol. The zero-order valence-corrected chi connectivity index (χ0v) is 18.1. The molecule has 30 heavy (non-hydrogen) atoms. The first-order valence-corrected chi connectivity index (χ1v) is 11.1. The molecule has 1 unspecified atom stereocenters. The number of carbonyl (C=O) groups is 1. The molecule has 0 saturated heterocycles. The van der Waals surface area contributed by atoms with Crippen molar-refractivity contribution in [3.8, 4) is 10.4 Å². The van der Waals surface area contributed by atoms with E-state index in [2.05, 4.69) is 32.1 Å². The van der Waals surface area contributed by atoms with Gasteiger partial charge in [-0.05, 0) is 0 Å². The van der Waals surface area contributed by atoms with E-state index in [9.17, 15) is 18.0 Å². The number of alkyl halides is 3. The van der Waals surface area contributed by atoms with Gasteiger partial charge in [0.25, 0.3) is 0 Å². The van der Waals surface area contributed by atoms with E-state index < -0.39 is 23.7 Å². The quantitative estimate of drug-likeness (QED) is 0.371. The Bertz CT molecular complexity index is 1200. The SMILES string of the molecule is O=C(NC(C[As])c1ccccc1C(F)(F)F)c1ccc(-c2ccnc3[nH]ccc23)s1. The Hall–Kier alpha value is -2.57. The van der Waals surface area contributed by atoms with Crippen molar-refractivity contribution < 1.29 is 18.0 Å². The monoisotopic (exact) mass is 489 g/mol. The van der Waals surface area contributed by atoms with Gasteiger partial charge in [0.15, 0.2) is 0 Å². The summed E-state index contributed by atoms with van der Waals surface area (Å²) in [7, 11) is 0. The third-order valence-electron chi connectivity index (χ3n) is 4.68. The first kappa shape index (κ1) is 20.7. The number of carbonyl (C=O) groups excluding carboxylic acids is 1. The fourth-order valence-corrected chi connectivity index (χ4v) is 4.84. The van der Waals surface area contributed by atoms with Gasteiger partial charge in [-0.15, -0.1) is 0 Å². The molecule has 0 aliphatic rings. The van der Waals surface area contributed by atoms with Gasteiger partial charge in [0.05, 0.1) is 0 Å². The molecular formula is C21H15AsF3N3OS. The topological polar surface area (TPSA) is 57.8 Å². The number of halogens is 3. The number of H-pyrrole nitrogens is 1. The number of thiophene rings is 1. The van der Waals surface area contributed by atoms with E-state index in [-0.39, 0.29) is 10.8 Å². The van der Waals surface area contributed by atoms with E-state index in [1.54, 1.807) is 24.5 Å². The Morgan fingerprint density at radius 2 is 1.97 bits per heavy atom. The van der Waals surface area contributed by atoms with Crippen LogP contribution < -0.4 is 5.32 Å². The van der Waals surface area contributed by atoms with Crippen LogP contribution in [-0.4, -0.2) is 32.7 Å². The summed E-state index contributed by atoms with van der Waals surface area (Å²) in [6.45, 7) is 0. The molecule has 4 nitrogen and oxygen atoms in total. The zero-order valence-electron chi connectivity index (χ0n) is 15.4. The van der Waals surface area contributed by atoms with E-state index >= 15 is 0 Å². The molecule has 0 spiro atoms. The van der Waals surface area contributed by atoms with E-state index in [1.165, 1.54) is 23.5 Å². The molecule has 4 aromatic rings. The molecule has 9 heteroatoms. The van der Waals surface area contributed by atoms with Crippen LogP contribution in [0.5, 0.6) is 0 Å². The van der Waals surface area contributed by atoms with Crippen LogP contribution in [0.3, 0.4) is 0 Å². The van der Waals surface area contributed by atoms with Crippen molar-refractivity contribution in [3.63, 3.8) is 0 Å². The van der Waals surface area contributed by atoms with Crippen molar-refractivity contribution >= 4 is 45.1 Å². The number of aromatic nitrogens is 2. The summed E-state index contributed by atoms with van der Waals surface area (Å²) < 4.78 is 40.1. The standard InChI is InChI=1S/C21H15AsF3N3OS/c22-11-16(14-3-1-2-4-15(14)21(23,24)25)28-20(29)18-6-5-17(30-18)12-7-9-26-19-13(12)8-10-27-19/h1-10,16H,11H2,(H,26,27)(H,28,29). The van der Waals surface area contributed by atoms with Crippen LogP contribution in [0.1, 0.15) is 26.8 Å². The second-order valence-electron chi connectivity index (χ2n) is 6.56. The summed E-state index contributed by atoms with van der Waals surface area (Å²) in [5, 5.41) is 3.96. The van der Waals surface area contributed by atoms with Gasteiger partial charge in [0.2, 0.25) is 0 Å². The first-order valence-electron chi connectivity index (χ1n) is 8.98. The summed E-state index contributed by atoms with van der Waals surface area (Å²) in [5.41, 5.74) is 1.01. The molecule has 0 saturated carbocycles.